The summed E-state index contributed by atoms with van der Waals surface area (Å²) < 4.78 is 39.7. The van der Waals surface area contributed by atoms with E-state index in [4.69, 9.17) is 0 Å². The summed E-state index contributed by atoms with van der Waals surface area (Å²) in [5.41, 5.74) is 5.07. The van der Waals surface area contributed by atoms with Gasteiger partial charge in [-0.3, -0.25) is 9.20 Å². The van der Waals surface area contributed by atoms with Gasteiger partial charge in [0, 0.05) is 29.9 Å². The number of halogens is 3. The topological polar surface area (TPSA) is 58.4 Å². The molecule has 0 spiro atoms. The molecule has 0 unspecified atom stereocenters. The highest BCUT2D eigenvalue weighted by Crippen LogP contribution is 2.29. The fourth-order valence-electron chi connectivity index (χ4n) is 3.64. The highest BCUT2D eigenvalue weighted by molar-refractivity contribution is 5.96. The van der Waals surface area contributed by atoms with Crippen LogP contribution < -0.4 is 10.6 Å². The molecule has 1 saturated carbocycles. The number of hydrogen-bond donors (Lipinski definition) is 2. The zero-order chi connectivity index (χ0) is 22.9. The molecule has 168 valence electrons. The Kier molecular flexibility index (Phi) is 5.95. The molecule has 1 aliphatic rings. The first-order valence-electron chi connectivity index (χ1n) is 10.6. The van der Waals surface area contributed by atoms with Crippen molar-refractivity contribution in [1.29, 1.82) is 0 Å². The number of aromatic nitrogens is 2. The molecule has 0 bridgehead atoms. The van der Waals surface area contributed by atoms with Crippen molar-refractivity contribution in [2.45, 2.75) is 45.3 Å². The van der Waals surface area contributed by atoms with Crippen LogP contribution in [0.5, 0.6) is 0 Å². The Labute approximate surface area is 184 Å². The highest BCUT2D eigenvalue weighted by atomic mass is 19.4. The number of imidazole rings is 1. The third-order valence-electron chi connectivity index (χ3n) is 5.39. The van der Waals surface area contributed by atoms with Crippen molar-refractivity contribution in [2.75, 3.05) is 11.9 Å². The lowest BCUT2D eigenvalue weighted by molar-refractivity contribution is -0.131. The molecule has 0 radical (unpaired) electrons. The number of fused-ring (bicyclic) bond motifs is 1. The molecule has 1 fully saturated rings. The van der Waals surface area contributed by atoms with Gasteiger partial charge in [-0.05, 0) is 56.0 Å². The van der Waals surface area contributed by atoms with Crippen molar-refractivity contribution >= 4 is 23.3 Å². The van der Waals surface area contributed by atoms with Gasteiger partial charge in [-0.2, -0.15) is 13.2 Å². The number of aryl methyl sites for hydroxylation is 1. The summed E-state index contributed by atoms with van der Waals surface area (Å²) in [6.07, 6.45) is 4.25. The summed E-state index contributed by atoms with van der Waals surface area (Å²) in [6, 6.07) is 7.69. The second-order valence-electron chi connectivity index (χ2n) is 8.09. The molecule has 0 saturated heterocycles. The van der Waals surface area contributed by atoms with Gasteiger partial charge in [-0.25, -0.2) is 4.98 Å². The van der Waals surface area contributed by atoms with Crippen molar-refractivity contribution in [3.8, 4) is 11.3 Å². The van der Waals surface area contributed by atoms with Gasteiger partial charge in [0.1, 0.15) is 0 Å². The molecule has 8 heteroatoms. The number of pyridine rings is 1. The van der Waals surface area contributed by atoms with E-state index in [1.165, 1.54) is 0 Å². The van der Waals surface area contributed by atoms with Crippen molar-refractivity contribution in [2.24, 2.45) is 0 Å². The monoisotopic (exact) mass is 442 g/mol. The number of benzene rings is 1. The molecular weight excluding hydrogens is 417 g/mol. The van der Waals surface area contributed by atoms with E-state index >= 15 is 0 Å². The molecule has 1 amide bonds. The molecule has 2 heterocycles. The standard InChI is InChI=1S/C24H25F3N4O/c1-3-4-16-12-20(28-10-9-24(25,26)27)22-29-13-21(31(22)14-16)17-5-8-19(15(2)11-17)23(32)30-18-6-7-18/h3-5,8,11-14,18,28H,6-7,9-10H2,1-2H3,(H,30,32)/b4-3+. The maximum Gasteiger partial charge on any atom is 0.390 e. The molecule has 0 aliphatic heterocycles. The molecule has 0 atom stereocenters. The Balaban J connectivity index is 1.68. The summed E-state index contributed by atoms with van der Waals surface area (Å²) in [5, 5.41) is 5.88. The van der Waals surface area contributed by atoms with Gasteiger partial charge in [0.15, 0.2) is 5.65 Å². The van der Waals surface area contributed by atoms with Crippen LogP contribution in [-0.4, -0.2) is 34.1 Å². The minimum Gasteiger partial charge on any atom is -0.382 e. The van der Waals surface area contributed by atoms with E-state index in [0.717, 1.165) is 35.2 Å². The van der Waals surface area contributed by atoms with Gasteiger partial charge in [-0.1, -0.05) is 18.2 Å². The molecule has 2 aromatic heterocycles. The fraction of sp³-hybridized carbons (Fsp3) is 0.333. The van der Waals surface area contributed by atoms with Gasteiger partial charge >= 0.3 is 6.18 Å². The van der Waals surface area contributed by atoms with E-state index < -0.39 is 12.6 Å². The molecule has 1 aliphatic carbocycles. The number of alkyl halides is 3. The van der Waals surface area contributed by atoms with E-state index in [1.807, 2.05) is 48.7 Å². The Morgan fingerprint density at radius 2 is 2.06 bits per heavy atom. The molecule has 2 N–H and O–H groups in total. The van der Waals surface area contributed by atoms with Crippen molar-refractivity contribution in [3.05, 3.63) is 59.4 Å². The van der Waals surface area contributed by atoms with E-state index in [-0.39, 0.29) is 18.5 Å². The summed E-state index contributed by atoms with van der Waals surface area (Å²) >= 11 is 0. The van der Waals surface area contributed by atoms with Crippen LogP contribution in [0, 0.1) is 6.92 Å². The molecule has 4 rings (SSSR count). The van der Waals surface area contributed by atoms with Crippen molar-refractivity contribution in [1.82, 2.24) is 14.7 Å². The largest absolute Gasteiger partial charge is 0.390 e. The van der Waals surface area contributed by atoms with E-state index in [0.29, 0.717) is 16.9 Å². The number of anilines is 1. The summed E-state index contributed by atoms with van der Waals surface area (Å²) in [4.78, 5) is 16.9. The predicted molar refractivity (Wildman–Crippen MR) is 120 cm³/mol. The van der Waals surface area contributed by atoms with Crippen LogP contribution in [0.15, 0.2) is 42.7 Å². The number of hydrogen-bond acceptors (Lipinski definition) is 3. The van der Waals surface area contributed by atoms with Gasteiger partial charge in [0.25, 0.3) is 5.91 Å². The van der Waals surface area contributed by atoms with Crippen LogP contribution >= 0.6 is 0 Å². The fourth-order valence-corrected chi connectivity index (χ4v) is 3.64. The van der Waals surface area contributed by atoms with Crippen LogP contribution in [0.2, 0.25) is 0 Å². The first kappa shape index (κ1) is 21.9. The molecule has 3 aromatic rings. The summed E-state index contributed by atoms with van der Waals surface area (Å²) in [7, 11) is 0. The Morgan fingerprint density at radius 1 is 1.28 bits per heavy atom. The number of amides is 1. The van der Waals surface area contributed by atoms with Crippen LogP contribution in [-0.2, 0) is 0 Å². The normalized spacial score (nSPS) is 14.3. The van der Waals surface area contributed by atoms with Crippen molar-refractivity contribution < 1.29 is 18.0 Å². The second kappa shape index (κ2) is 8.68. The van der Waals surface area contributed by atoms with Gasteiger partial charge in [0.2, 0.25) is 0 Å². The number of rotatable bonds is 7. The van der Waals surface area contributed by atoms with Crippen LogP contribution in [0.1, 0.15) is 47.7 Å². The van der Waals surface area contributed by atoms with Crippen LogP contribution in [0.25, 0.3) is 23.0 Å². The Morgan fingerprint density at radius 3 is 2.72 bits per heavy atom. The first-order valence-corrected chi connectivity index (χ1v) is 10.6. The maximum atomic E-state index is 12.6. The molecule has 1 aromatic carbocycles. The number of nitrogens with zero attached hydrogens (tertiary/aromatic N) is 2. The van der Waals surface area contributed by atoms with Gasteiger partial charge in [0.05, 0.1) is 24.0 Å². The summed E-state index contributed by atoms with van der Waals surface area (Å²) in [6.45, 7) is 3.54. The van der Waals surface area contributed by atoms with Crippen LogP contribution in [0.3, 0.4) is 0 Å². The SMILES string of the molecule is C/C=C/c1cc(NCCC(F)(F)F)c2ncc(-c3ccc(C(=O)NC4CC4)c(C)c3)n2c1. The Hall–Kier alpha value is -3.29. The lowest BCUT2D eigenvalue weighted by atomic mass is 10.0. The predicted octanol–water partition coefficient (Wildman–Crippen LogP) is 5.60. The number of carbonyl (C=O) groups is 1. The van der Waals surface area contributed by atoms with E-state index in [9.17, 15) is 18.0 Å². The average Bonchev–Trinajstić information content (AvgIpc) is 3.42. The molecule has 5 nitrogen and oxygen atoms in total. The minimum atomic E-state index is -4.23. The number of allylic oxidation sites excluding steroid dienone is 1. The third-order valence-corrected chi connectivity index (χ3v) is 5.39. The zero-order valence-corrected chi connectivity index (χ0v) is 18.0. The quantitative estimate of drug-likeness (QED) is 0.501. The zero-order valence-electron chi connectivity index (χ0n) is 18.0. The highest BCUT2D eigenvalue weighted by Gasteiger charge is 2.26. The smallest absolute Gasteiger partial charge is 0.382 e. The number of carbonyl (C=O) groups excluding carboxylic acids is 1. The van der Waals surface area contributed by atoms with Crippen molar-refractivity contribution in [3.63, 3.8) is 0 Å². The lowest BCUT2D eigenvalue weighted by Crippen LogP contribution is -2.26. The van der Waals surface area contributed by atoms with E-state index in [2.05, 4.69) is 15.6 Å². The van der Waals surface area contributed by atoms with Gasteiger partial charge < -0.3 is 10.6 Å². The Bertz CT molecular complexity index is 1180. The van der Waals surface area contributed by atoms with Crippen LogP contribution in [0.4, 0.5) is 18.9 Å². The summed E-state index contributed by atoms with van der Waals surface area (Å²) in [5.74, 6) is -0.0683. The second-order valence-corrected chi connectivity index (χ2v) is 8.09. The molecule has 32 heavy (non-hydrogen) atoms. The third kappa shape index (κ3) is 4.95. The number of nitrogens with one attached hydrogen (secondary N) is 2. The average molecular weight is 442 g/mol. The van der Waals surface area contributed by atoms with E-state index in [1.54, 1.807) is 18.3 Å². The lowest BCUT2D eigenvalue weighted by Gasteiger charge is -2.13. The molecular formula is C24H25F3N4O. The van der Waals surface area contributed by atoms with Gasteiger partial charge in [-0.15, -0.1) is 0 Å². The minimum absolute atomic E-state index is 0.0683. The first-order chi connectivity index (χ1) is 15.2. The maximum absolute atomic E-state index is 12.6.